The molecule has 0 aliphatic carbocycles. The number of ketones is 1. The lowest BCUT2D eigenvalue weighted by atomic mass is 9.69. The van der Waals surface area contributed by atoms with Crippen molar-refractivity contribution in [1.29, 1.82) is 0 Å². The Kier molecular flexibility index (Phi) is 5.21. The molecule has 34 heavy (non-hydrogen) atoms. The zero-order valence-electron chi connectivity index (χ0n) is 18.5. The summed E-state index contributed by atoms with van der Waals surface area (Å²) in [4.78, 5) is 30.6. The van der Waals surface area contributed by atoms with Gasteiger partial charge in [-0.25, -0.2) is 0 Å². The minimum absolute atomic E-state index is 0.0224. The predicted octanol–water partition coefficient (Wildman–Crippen LogP) is 5.17. The van der Waals surface area contributed by atoms with Crippen molar-refractivity contribution in [3.8, 4) is 5.75 Å². The van der Waals surface area contributed by atoms with Crippen molar-refractivity contribution in [2.45, 2.75) is 17.5 Å². The average Bonchev–Trinajstić information content (AvgIpc) is 3.53. The van der Waals surface area contributed by atoms with E-state index in [9.17, 15) is 9.59 Å². The zero-order chi connectivity index (χ0) is 23.4. The molecular formula is C27H23ClN2O3S. The summed E-state index contributed by atoms with van der Waals surface area (Å²) < 4.78 is 5.53. The number of carbonyl (C=O) groups excluding carboxylic acids is 2. The number of amides is 1. The average molecular weight is 491 g/mol. The van der Waals surface area contributed by atoms with Crippen molar-refractivity contribution in [3.05, 3.63) is 94.5 Å². The van der Waals surface area contributed by atoms with E-state index in [1.165, 1.54) is 0 Å². The van der Waals surface area contributed by atoms with Gasteiger partial charge in [-0.15, -0.1) is 11.8 Å². The highest BCUT2D eigenvalue weighted by atomic mass is 35.5. The molecule has 3 aromatic carbocycles. The lowest BCUT2D eigenvalue weighted by molar-refractivity contribution is -0.127. The van der Waals surface area contributed by atoms with Crippen molar-refractivity contribution >= 4 is 40.7 Å². The summed E-state index contributed by atoms with van der Waals surface area (Å²) in [5.74, 6) is 1.26. The van der Waals surface area contributed by atoms with Crippen LogP contribution in [0.3, 0.4) is 0 Å². The third-order valence-corrected chi connectivity index (χ3v) is 8.71. The van der Waals surface area contributed by atoms with E-state index in [1.54, 1.807) is 18.9 Å². The second-order valence-electron chi connectivity index (χ2n) is 8.95. The molecule has 0 aromatic heterocycles. The Balaban J connectivity index is 1.62. The van der Waals surface area contributed by atoms with Crippen LogP contribution in [0, 0.1) is 5.92 Å². The first-order valence-electron chi connectivity index (χ1n) is 11.2. The van der Waals surface area contributed by atoms with Gasteiger partial charge in [-0.05, 0) is 35.9 Å². The van der Waals surface area contributed by atoms with E-state index in [-0.39, 0.29) is 23.7 Å². The number of hydrogen-bond donors (Lipinski definition) is 1. The van der Waals surface area contributed by atoms with E-state index in [0.29, 0.717) is 22.2 Å². The Morgan fingerprint density at radius 2 is 1.88 bits per heavy atom. The molecular weight excluding hydrogens is 468 g/mol. The summed E-state index contributed by atoms with van der Waals surface area (Å²) in [5.41, 5.74) is 2.08. The Labute approximate surface area is 207 Å². The van der Waals surface area contributed by atoms with Gasteiger partial charge in [-0.3, -0.25) is 14.5 Å². The van der Waals surface area contributed by atoms with Crippen LogP contribution >= 0.6 is 23.4 Å². The van der Waals surface area contributed by atoms with Crippen LogP contribution in [0.1, 0.15) is 27.4 Å². The van der Waals surface area contributed by atoms with Crippen molar-refractivity contribution < 1.29 is 14.3 Å². The third-order valence-electron chi connectivity index (χ3n) is 7.42. The third kappa shape index (κ3) is 2.98. The van der Waals surface area contributed by atoms with Crippen molar-refractivity contribution in [2.24, 2.45) is 5.92 Å². The lowest BCUT2D eigenvalue weighted by Gasteiger charge is -2.36. The highest BCUT2D eigenvalue weighted by Crippen LogP contribution is 2.61. The number of halogens is 1. The number of nitrogens with one attached hydrogen (secondary N) is 1. The predicted molar refractivity (Wildman–Crippen MR) is 135 cm³/mol. The molecule has 0 bridgehead atoms. The van der Waals surface area contributed by atoms with E-state index in [1.807, 2.05) is 72.8 Å². The Bertz CT molecular complexity index is 1280. The number of hydrogen-bond acceptors (Lipinski definition) is 5. The smallest absolute Gasteiger partial charge is 0.250 e. The van der Waals surface area contributed by atoms with Crippen LogP contribution < -0.4 is 10.1 Å². The molecule has 2 fully saturated rings. The number of rotatable bonds is 4. The largest absolute Gasteiger partial charge is 0.497 e. The number of benzene rings is 3. The highest BCUT2D eigenvalue weighted by molar-refractivity contribution is 7.99. The maximum atomic E-state index is 14.3. The summed E-state index contributed by atoms with van der Waals surface area (Å²) in [6.07, 6.45) is 0. The van der Waals surface area contributed by atoms with Crippen LogP contribution in [-0.2, 0) is 10.3 Å². The minimum atomic E-state index is -1.12. The molecule has 5 nitrogen and oxygen atoms in total. The van der Waals surface area contributed by atoms with E-state index in [2.05, 4.69) is 10.2 Å². The number of methoxy groups -OCH3 is 1. The van der Waals surface area contributed by atoms with Gasteiger partial charge in [0.15, 0.2) is 5.78 Å². The number of anilines is 1. The van der Waals surface area contributed by atoms with Crippen LogP contribution in [0.4, 0.5) is 5.69 Å². The number of ether oxygens (including phenoxy) is 1. The topological polar surface area (TPSA) is 58.6 Å². The normalized spacial score (nSPS) is 27.5. The summed E-state index contributed by atoms with van der Waals surface area (Å²) in [5, 5.41) is 3.74. The van der Waals surface area contributed by atoms with Gasteiger partial charge in [-0.1, -0.05) is 54.1 Å². The number of thioether (sulfide) groups is 1. The maximum Gasteiger partial charge on any atom is 0.250 e. The second kappa shape index (κ2) is 8.15. The molecule has 1 N–H and O–H groups in total. The van der Waals surface area contributed by atoms with Crippen LogP contribution in [0.15, 0.2) is 72.8 Å². The monoisotopic (exact) mass is 490 g/mol. The van der Waals surface area contributed by atoms with Crippen LogP contribution in [-0.4, -0.2) is 41.4 Å². The molecule has 3 aromatic rings. The molecule has 3 aliphatic rings. The van der Waals surface area contributed by atoms with Crippen LogP contribution in [0.25, 0.3) is 0 Å². The summed E-state index contributed by atoms with van der Waals surface area (Å²) in [6.45, 7) is 0. The fourth-order valence-electron chi connectivity index (χ4n) is 6.02. The first-order chi connectivity index (χ1) is 16.6. The molecule has 1 amide bonds. The Hall–Kier alpha value is -2.80. The fraction of sp³-hybridized carbons (Fsp3) is 0.259. The van der Waals surface area contributed by atoms with Gasteiger partial charge in [0.2, 0.25) is 5.91 Å². The molecule has 2 saturated heterocycles. The van der Waals surface area contributed by atoms with Crippen LogP contribution in [0.2, 0.25) is 5.02 Å². The molecule has 0 saturated carbocycles. The van der Waals surface area contributed by atoms with Crippen molar-refractivity contribution in [2.75, 3.05) is 24.1 Å². The van der Waals surface area contributed by atoms with Gasteiger partial charge in [-0.2, -0.15) is 0 Å². The number of nitrogens with zero attached hydrogens (tertiary/aromatic N) is 1. The summed E-state index contributed by atoms with van der Waals surface area (Å²) >= 11 is 8.01. The quantitative estimate of drug-likeness (QED) is 0.511. The van der Waals surface area contributed by atoms with Gasteiger partial charge < -0.3 is 10.1 Å². The lowest BCUT2D eigenvalue weighted by Crippen LogP contribution is -2.52. The fourth-order valence-corrected chi connectivity index (χ4v) is 7.47. The van der Waals surface area contributed by atoms with E-state index >= 15 is 0 Å². The van der Waals surface area contributed by atoms with Crippen LogP contribution in [0.5, 0.6) is 5.75 Å². The Morgan fingerprint density at radius 3 is 2.62 bits per heavy atom. The molecule has 3 aliphatic heterocycles. The van der Waals surface area contributed by atoms with E-state index < -0.39 is 11.5 Å². The van der Waals surface area contributed by atoms with Crippen molar-refractivity contribution in [1.82, 2.24) is 4.90 Å². The molecule has 0 unspecified atom stereocenters. The number of fused-ring (bicyclic) bond motifs is 4. The maximum absolute atomic E-state index is 14.3. The first kappa shape index (κ1) is 21.7. The van der Waals surface area contributed by atoms with E-state index in [4.69, 9.17) is 16.3 Å². The van der Waals surface area contributed by atoms with Gasteiger partial charge in [0.1, 0.15) is 11.3 Å². The second-order valence-corrected chi connectivity index (χ2v) is 10.4. The zero-order valence-corrected chi connectivity index (χ0v) is 20.1. The molecule has 172 valence electrons. The minimum Gasteiger partial charge on any atom is -0.497 e. The first-order valence-corrected chi connectivity index (χ1v) is 12.8. The number of Topliss-reactive ketones (excluding diaryl/α,β-unsaturated/α-hetero) is 1. The molecule has 7 heteroatoms. The van der Waals surface area contributed by atoms with Gasteiger partial charge in [0.25, 0.3) is 0 Å². The standard InChI is InChI=1S/C27H23ClN2O3S/c1-33-19-11-12-21-20(13-19)27(26(32)29-21)24(25(31)17-5-3-2-4-6-17)23(22-14-34-15-30(22)27)16-7-9-18(28)10-8-16/h2-13,22-24H,14-15H2,1H3,(H,29,32)/t22-,23+,24+,27-/m1/s1. The highest BCUT2D eigenvalue weighted by Gasteiger charge is 2.69. The molecule has 6 rings (SSSR count). The molecule has 1 spiro atoms. The molecule has 0 radical (unpaired) electrons. The molecule has 3 heterocycles. The van der Waals surface area contributed by atoms with Gasteiger partial charge in [0, 0.05) is 45.4 Å². The number of carbonyl (C=O) groups is 2. The summed E-state index contributed by atoms with van der Waals surface area (Å²) in [7, 11) is 1.62. The summed E-state index contributed by atoms with van der Waals surface area (Å²) in [6, 6.07) is 22.7. The van der Waals surface area contributed by atoms with Gasteiger partial charge in [0.05, 0.1) is 13.0 Å². The van der Waals surface area contributed by atoms with Crippen molar-refractivity contribution in [3.63, 3.8) is 0 Å². The SMILES string of the molecule is COc1ccc2c(c1)[C@]1(C(=O)N2)[C@H](C(=O)c2ccccc2)[C@@H](c2ccc(Cl)cc2)[C@H]2CSCN21. The molecule has 4 atom stereocenters. The van der Waals surface area contributed by atoms with Gasteiger partial charge >= 0.3 is 0 Å². The Morgan fingerprint density at radius 1 is 1.12 bits per heavy atom. The van der Waals surface area contributed by atoms with E-state index in [0.717, 1.165) is 22.6 Å².